The first-order valence-corrected chi connectivity index (χ1v) is 5.44. The highest BCUT2D eigenvalue weighted by atomic mass is 16.7. The first-order valence-electron chi connectivity index (χ1n) is 5.44. The van der Waals surface area contributed by atoms with Crippen molar-refractivity contribution in [2.24, 2.45) is 11.0 Å². The lowest BCUT2D eigenvalue weighted by atomic mass is 10.1. The Labute approximate surface area is 94.4 Å². The molecule has 0 saturated carbocycles. The van der Waals surface area contributed by atoms with Crippen molar-refractivity contribution < 1.29 is 9.77 Å². The largest absolute Gasteiger partial charge is 0.378 e. The fraction of sp³-hybridized carbons (Fsp3) is 0.889. The van der Waals surface area contributed by atoms with Gasteiger partial charge in [-0.3, -0.25) is 0 Å². The smallest absolute Gasteiger partial charge is 0.268 e. The molecule has 16 heavy (non-hydrogen) atoms. The summed E-state index contributed by atoms with van der Waals surface area (Å²) in [7, 11) is 0. The summed E-state index contributed by atoms with van der Waals surface area (Å²) in [6, 6.07) is 0. The Morgan fingerprint density at radius 1 is 1.62 bits per heavy atom. The van der Waals surface area contributed by atoms with Gasteiger partial charge in [-0.15, -0.1) is 0 Å². The number of nitrogens with zero attached hydrogens (tertiary/aromatic N) is 2. The van der Waals surface area contributed by atoms with Gasteiger partial charge < -0.3 is 15.4 Å². The second-order valence-electron chi connectivity index (χ2n) is 3.84. The van der Waals surface area contributed by atoms with Crippen LogP contribution < -0.4 is 10.6 Å². The van der Waals surface area contributed by atoms with E-state index in [1.54, 1.807) is 0 Å². The average molecular weight is 230 g/mol. The molecular weight excluding hydrogens is 212 g/mol. The van der Waals surface area contributed by atoms with Crippen LogP contribution in [0.1, 0.15) is 20.3 Å². The number of hydrogen-bond acceptors (Lipinski definition) is 3. The van der Waals surface area contributed by atoms with Crippen LogP contribution in [0.4, 0.5) is 0 Å². The summed E-state index contributed by atoms with van der Waals surface area (Å²) in [6.45, 7) is 5.82. The Morgan fingerprint density at radius 3 is 2.88 bits per heavy atom. The molecule has 1 aliphatic rings. The standard InChI is InChI=1S/C9H18N4O3/c1-3-10-9(12-13(14)15)11-5-8-4-7(2)16-6-8/h7-8H,3-6H2,1-2H3,(H2,10,11,12). The maximum absolute atomic E-state index is 10.2. The van der Waals surface area contributed by atoms with E-state index in [-0.39, 0.29) is 12.1 Å². The highest BCUT2D eigenvalue weighted by Crippen LogP contribution is 2.17. The summed E-state index contributed by atoms with van der Waals surface area (Å²) in [4.78, 5) is 10.2. The van der Waals surface area contributed by atoms with Crippen LogP contribution >= 0.6 is 0 Å². The number of guanidine groups is 1. The third kappa shape index (κ3) is 4.43. The van der Waals surface area contributed by atoms with Crippen molar-refractivity contribution in [3.05, 3.63) is 10.1 Å². The molecule has 0 radical (unpaired) electrons. The van der Waals surface area contributed by atoms with Crippen molar-refractivity contribution in [3.8, 4) is 0 Å². The SMILES string of the molecule is CCN/C(=N\[N+](=O)[O-])NCC1COC(C)C1. The van der Waals surface area contributed by atoms with E-state index in [0.717, 1.165) is 6.42 Å². The molecule has 0 aliphatic carbocycles. The third-order valence-corrected chi connectivity index (χ3v) is 2.37. The minimum atomic E-state index is -0.710. The highest BCUT2D eigenvalue weighted by molar-refractivity contribution is 5.78. The molecule has 1 saturated heterocycles. The summed E-state index contributed by atoms with van der Waals surface area (Å²) < 4.78 is 5.40. The number of nitro groups is 1. The van der Waals surface area contributed by atoms with Crippen molar-refractivity contribution in [1.82, 2.24) is 10.6 Å². The predicted octanol–water partition coefficient (Wildman–Crippen LogP) is 0.158. The van der Waals surface area contributed by atoms with Crippen LogP contribution in [0.15, 0.2) is 5.10 Å². The van der Waals surface area contributed by atoms with Crippen LogP contribution in [-0.4, -0.2) is 36.8 Å². The first kappa shape index (κ1) is 12.7. The van der Waals surface area contributed by atoms with E-state index < -0.39 is 5.03 Å². The summed E-state index contributed by atoms with van der Waals surface area (Å²) in [5.41, 5.74) is 0. The maximum Gasteiger partial charge on any atom is 0.268 e. The van der Waals surface area contributed by atoms with Crippen LogP contribution in [0.25, 0.3) is 0 Å². The normalized spacial score (nSPS) is 25.5. The Balaban J connectivity index is 2.35. The van der Waals surface area contributed by atoms with E-state index in [0.29, 0.717) is 25.6 Å². The van der Waals surface area contributed by atoms with Crippen LogP contribution in [0, 0.1) is 16.0 Å². The molecule has 1 rings (SSSR count). The van der Waals surface area contributed by atoms with Crippen LogP contribution in [0.5, 0.6) is 0 Å². The van der Waals surface area contributed by atoms with E-state index in [4.69, 9.17) is 4.74 Å². The molecule has 1 fully saturated rings. The van der Waals surface area contributed by atoms with Gasteiger partial charge in [0, 0.05) is 19.0 Å². The molecule has 2 N–H and O–H groups in total. The van der Waals surface area contributed by atoms with E-state index in [9.17, 15) is 10.1 Å². The van der Waals surface area contributed by atoms with Crippen molar-refractivity contribution in [2.75, 3.05) is 19.7 Å². The Bertz CT molecular complexity index is 269. The molecule has 0 aromatic carbocycles. The molecule has 0 aromatic rings. The summed E-state index contributed by atoms with van der Waals surface area (Å²) in [5.74, 6) is 0.609. The summed E-state index contributed by atoms with van der Waals surface area (Å²) in [5, 5.41) is 18.5. The van der Waals surface area contributed by atoms with Crippen molar-refractivity contribution in [3.63, 3.8) is 0 Å². The van der Waals surface area contributed by atoms with Gasteiger partial charge in [-0.25, -0.2) is 10.1 Å². The van der Waals surface area contributed by atoms with Gasteiger partial charge in [0.15, 0.2) is 5.03 Å². The zero-order chi connectivity index (χ0) is 12.0. The number of hydrogen-bond donors (Lipinski definition) is 2. The van der Waals surface area contributed by atoms with Gasteiger partial charge in [-0.1, -0.05) is 0 Å². The van der Waals surface area contributed by atoms with Crippen molar-refractivity contribution in [1.29, 1.82) is 0 Å². The quantitative estimate of drug-likeness (QED) is 0.311. The predicted molar refractivity (Wildman–Crippen MR) is 59.6 cm³/mol. The zero-order valence-electron chi connectivity index (χ0n) is 9.60. The lowest BCUT2D eigenvalue weighted by Crippen LogP contribution is -2.40. The molecule has 0 spiro atoms. The molecule has 1 aliphatic heterocycles. The van der Waals surface area contributed by atoms with Crippen LogP contribution in [0.3, 0.4) is 0 Å². The summed E-state index contributed by atoms with van der Waals surface area (Å²) in [6.07, 6.45) is 1.26. The first-order chi connectivity index (χ1) is 7.61. The van der Waals surface area contributed by atoms with E-state index in [1.807, 2.05) is 13.8 Å². The molecule has 1 heterocycles. The van der Waals surface area contributed by atoms with Crippen LogP contribution in [0.2, 0.25) is 0 Å². The zero-order valence-corrected chi connectivity index (χ0v) is 9.60. The topological polar surface area (TPSA) is 88.8 Å². The Kier molecular flexibility index (Phi) is 4.97. The molecule has 0 aromatic heterocycles. The van der Waals surface area contributed by atoms with E-state index in [2.05, 4.69) is 15.7 Å². The number of hydrazone groups is 1. The van der Waals surface area contributed by atoms with E-state index in [1.165, 1.54) is 0 Å². The second-order valence-corrected chi connectivity index (χ2v) is 3.84. The van der Waals surface area contributed by atoms with Crippen molar-refractivity contribution in [2.45, 2.75) is 26.4 Å². The molecular formula is C9H18N4O3. The summed E-state index contributed by atoms with van der Waals surface area (Å²) >= 11 is 0. The average Bonchev–Trinajstić information content (AvgIpc) is 2.60. The number of ether oxygens (including phenoxy) is 1. The van der Waals surface area contributed by atoms with Gasteiger partial charge in [-0.2, -0.15) is 0 Å². The number of nitrogens with one attached hydrogen (secondary N) is 2. The van der Waals surface area contributed by atoms with Crippen LogP contribution in [-0.2, 0) is 4.74 Å². The minimum absolute atomic E-state index is 0.215. The lowest BCUT2D eigenvalue weighted by molar-refractivity contribution is -0.485. The maximum atomic E-state index is 10.2. The number of rotatable bonds is 4. The second kappa shape index (κ2) is 6.26. The fourth-order valence-electron chi connectivity index (χ4n) is 1.67. The van der Waals surface area contributed by atoms with E-state index >= 15 is 0 Å². The van der Waals surface area contributed by atoms with Gasteiger partial charge in [-0.05, 0) is 20.3 Å². The lowest BCUT2D eigenvalue weighted by Gasteiger charge is -2.11. The van der Waals surface area contributed by atoms with Gasteiger partial charge in [0.2, 0.25) is 0 Å². The molecule has 2 atom stereocenters. The molecule has 0 amide bonds. The van der Waals surface area contributed by atoms with Gasteiger partial charge in [0.1, 0.15) is 5.10 Å². The van der Waals surface area contributed by atoms with Gasteiger partial charge in [0.25, 0.3) is 5.96 Å². The molecule has 92 valence electrons. The Hall–Kier alpha value is -1.37. The Morgan fingerprint density at radius 2 is 2.38 bits per heavy atom. The fourth-order valence-corrected chi connectivity index (χ4v) is 1.67. The molecule has 7 nitrogen and oxygen atoms in total. The van der Waals surface area contributed by atoms with Gasteiger partial charge >= 0.3 is 0 Å². The van der Waals surface area contributed by atoms with Crippen molar-refractivity contribution >= 4 is 5.96 Å². The minimum Gasteiger partial charge on any atom is -0.378 e. The molecule has 0 bridgehead atoms. The highest BCUT2D eigenvalue weighted by Gasteiger charge is 2.22. The monoisotopic (exact) mass is 230 g/mol. The third-order valence-electron chi connectivity index (χ3n) is 2.37. The molecule has 7 heteroatoms. The van der Waals surface area contributed by atoms with Gasteiger partial charge in [0.05, 0.1) is 12.7 Å². The molecule has 2 unspecified atom stereocenters.